The van der Waals surface area contributed by atoms with E-state index in [-0.39, 0.29) is 5.97 Å². The Bertz CT molecular complexity index is 482. The summed E-state index contributed by atoms with van der Waals surface area (Å²) in [7, 11) is 0. The Balaban J connectivity index is 2.26. The van der Waals surface area contributed by atoms with Crippen molar-refractivity contribution in [3.05, 3.63) is 23.3 Å². The Morgan fingerprint density at radius 2 is 2.15 bits per heavy atom. The van der Waals surface area contributed by atoms with Crippen molar-refractivity contribution in [3.63, 3.8) is 0 Å². The van der Waals surface area contributed by atoms with Crippen LogP contribution in [0.2, 0.25) is 0 Å². The number of hydrogen-bond acceptors (Lipinski definition) is 6. The van der Waals surface area contributed by atoms with Crippen LogP contribution in [-0.2, 0) is 11.2 Å². The maximum Gasteiger partial charge on any atom is 0.341 e. The fourth-order valence-corrected chi connectivity index (χ4v) is 4.83. The average Bonchev–Trinajstić information content (AvgIpc) is 2.47. The SMILES string of the molecule is CCOC(=O)c1cnc(C2SCCSC2C)nc1CC. The molecule has 2 heterocycles. The van der Waals surface area contributed by atoms with Crippen LogP contribution in [-0.4, -0.2) is 39.3 Å². The van der Waals surface area contributed by atoms with E-state index in [4.69, 9.17) is 4.74 Å². The topological polar surface area (TPSA) is 52.1 Å². The molecule has 0 aromatic carbocycles. The van der Waals surface area contributed by atoms with Crippen molar-refractivity contribution < 1.29 is 9.53 Å². The second-order valence-corrected chi connectivity index (χ2v) is 7.26. The zero-order chi connectivity index (χ0) is 14.5. The molecule has 1 aliphatic heterocycles. The normalized spacial score (nSPS) is 22.6. The monoisotopic (exact) mass is 312 g/mol. The lowest BCUT2D eigenvalue weighted by Crippen LogP contribution is -2.20. The molecule has 1 aromatic rings. The van der Waals surface area contributed by atoms with Gasteiger partial charge in [0, 0.05) is 23.0 Å². The van der Waals surface area contributed by atoms with Gasteiger partial charge in [-0.1, -0.05) is 13.8 Å². The van der Waals surface area contributed by atoms with Crippen molar-refractivity contribution in [3.8, 4) is 0 Å². The molecule has 1 fully saturated rings. The molecule has 6 heteroatoms. The van der Waals surface area contributed by atoms with E-state index < -0.39 is 0 Å². The van der Waals surface area contributed by atoms with Gasteiger partial charge in [0.15, 0.2) is 0 Å². The largest absolute Gasteiger partial charge is 0.462 e. The van der Waals surface area contributed by atoms with Gasteiger partial charge in [-0.15, -0.1) is 11.8 Å². The summed E-state index contributed by atoms with van der Waals surface area (Å²) in [5.41, 5.74) is 1.29. The van der Waals surface area contributed by atoms with Crippen LogP contribution in [0.3, 0.4) is 0 Å². The minimum atomic E-state index is -0.324. The highest BCUT2D eigenvalue weighted by molar-refractivity contribution is 8.06. The van der Waals surface area contributed by atoms with Crippen LogP contribution in [0, 0.1) is 0 Å². The Morgan fingerprint density at radius 3 is 2.80 bits per heavy atom. The lowest BCUT2D eigenvalue weighted by Gasteiger charge is -2.26. The molecule has 20 heavy (non-hydrogen) atoms. The van der Waals surface area contributed by atoms with E-state index in [1.54, 1.807) is 13.1 Å². The number of carbonyl (C=O) groups excluding carboxylic acids is 1. The van der Waals surface area contributed by atoms with Crippen LogP contribution in [0.5, 0.6) is 0 Å². The molecular weight excluding hydrogens is 292 g/mol. The highest BCUT2D eigenvalue weighted by Crippen LogP contribution is 2.41. The van der Waals surface area contributed by atoms with E-state index in [1.165, 1.54) is 5.75 Å². The highest BCUT2D eigenvalue weighted by atomic mass is 32.2. The molecule has 0 bridgehead atoms. The molecule has 2 atom stereocenters. The van der Waals surface area contributed by atoms with Crippen LogP contribution >= 0.6 is 23.5 Å². The maximum atomic E-state index is 11.9. The van der Waals surface area contributed by atoms with E-state index in [2.05, 4.69) is 16.9 Å². The van der Waals surface area contributed by atoms with E-state index in [0.29, 0.717) is 29.1 Å². The molecule has 1 saturated heterocycles. The van der Waals surface area contributed by atoms with E-state index >= 15 is 0 Å². The fraction of sp³-hybridized carbons (Fsp3) is 0.643. The number of aryl methyl sites for hydroxylation is 1. The minimum absolute atomic E-state index is 0.315. The Morgan fingerprint density at radius 1 is 1.40 bits per heavy atom. The van der Waals surface area contributed by atoms with Crippen molar-refractivity contribution in [2.75, 3.05) is 18.1 Å². The fourth-order valence-electron chi connectivity index (χ4n) is 2.13. The van der Waals surface area contributed by atoms with Gasteiger partial charge in [0.1, 0.15) is 5.82 Å². The van der Waals surface area contributed by atoms with Crippen molar-refractivity contribution >= 4 is 29.5 Å². The minimum Gasteiger partial charge on any atom is -0.462 e. The van der Waals surface area contributed by atoms with Gasteiger partial charge < -0.3 is 4.74 Å². The van der Waals surface area contributed by atoms with E-state index in [1.807, 2.05) is 30.4 Å². The first-order valence-electron chi connectivity index (χ1n) is 6.93. The summed E-state index contributed by atoms with van der Waals surface area (Å²) in [6, 6.07) is 0. The van der Waals surface area contributed by atoms with E-state index in [9.17, 15) is 4.79 Å². The van der Waals surface area contributed by atoms with Crippen LogP contribution in [0.15, 0.2) is 6.20 Å². The summed E-state index contributed by atoms with van der Waals surface area (Å²) in [4.78, 5) is 20.9. The lowest BCUT2D eigenvalue weighted by molar-refractivity contribution is 0.0524. The molecule has 0 radical (unpaired) electrons. The molecule has 0 spiro atoms. The third kappa shape index (κ3) is 3.47. The van der Waals surface area contributed by atoms with Gasteiger partial charge in [0.2, 0.25) is 0 Å². The number of ether oxygens (including phenoxy) is 1. The zero-order valence-electron chi connectivity index (χ0n) is 12.1. The molecule has 0 saturated carbocycles. The summed E-state index contributed by atoms with van der Waals surface area (Å²) < 4.78 is 5.05. The predicted molar refractivity (Wildman–Crippen MR) is 84.5 cm³/mol. The molecule has 1 aromatic heterocycles. The van der Waals surface area contributed by atoms with Crippen LogP contribution in [0.1, 0.15) is 47.9 Å². The van der Waals surface area contributed by atoms with Gasteiger partial charge in [-0.25, -0.2) is 14.8 Å². The summed E-state index contributed by atoms with van der Waals surface area (Å²) in [5.74, 6) is 2.84. The summed E-state index contributed by atoms with van der Waals surface area (Å²) in [6.07, 6.45) is 2.34. The number of carbonyl (C=O) groups is 1. The third-order valence-electron chi connectivity index (χ3n) is 3.16. The van der Waals surface area contributed by atoms with Crippen molar-refractivity contribution in [2.24, 2.45) is 0 Å². The van der Waals surface area contributed by atoms with Gasteiger partial charge >= 0.3 is 5.97 Å². The molecule has 2 rings (SSSR count). The van der Waals surface area contributed by atoms with Crippen molar-refractivity contribution in [1.82, 2.24) is 9.97 Å². The Kier molecular flexibility index (Phi) is 5.72. The van der Waals surface area contributed by atoms with Gasteiger partial charge in [-0.2, -0.15) is 11.8 Å². The first kappa shape index (κ1) is 15.6. The number of rotatable bonds is 4. The Labute approximate surface area is 128 Å². The van der Waals surface area contributed by atoms with Crippen LogP contribution in [0.25, 0.3) is 0 Å². The number of aromatic nitrogens is 2. The second kappa shape index (κ2) is 7.31. The number of esters is 1. The molecule has 0 N–H and O–H groups in total. The van der Waals surface area contributed by atoms with Gasteiger partial charge in [0.25, 0.3) is 0 Å². The standard InChI is InChI=1S/C14H20N2O2S2/c1-4-11-10(14(17)18-5-2)8-15-13(16-11)12-9(3)19-6-7-20-12/h8-9,12H,4-7H2,1-3H3. The Hall–Kier alpha value is -0.750. The van der Waals surface area contributed by atoms with Crippen molar-refractivity contribution in [1.29, 1.82) is 0 Å². The van der Waals surface area contributed by atoms with Crippen molar-refractivity contribution in [2.45, 2.75) is 37.7 Å². The first-order valence-corrected chi connectivity index (χ1v) is 9.03. The third-order valence-corrected chi connectivity index (χ3v) is 6.25. The molecular formula is C14H20N2O2S2. The summed E-state index contributed by atoms with van der Waals surface area (Å²) in [5, 5.41) is 0.821. The summed E-state index contributed by atoms with van der Waals surface area (Å²) >= 11 is 3.87. The molecule has 0 amide bonds. The number of hydrogen-bond donors (Lipinski definition) is 0. The van der Waals surface area contributed by atoms with Gasteiger partial charge in [-0.05, 0) is 13.3 Å². The molecule has 110 valence electrons. The van der Waals surface area contributed by atoms with Crippen LogP contribution < -0.4 is 0 Å². The molecule has 1 aliphatic rings. The number of thioether (sulfide) groups is 2. The number of nitrogens with zero attached hydrogens (tertiary/aromatic N) is 2. The molecule has 0 aliphatic carbocycles. The first-order chi connectivity index (χ1) is 9.67. The van der Waals surface area contributed by atoms with E-state index in [0.717, 1.165) is 17.3 Å². The molecule has 2 unspecified atom stereocenters. The average molecular weight is 312 g/mol. The summed E-state index contributed by atoms with van der Waals surface area (Å²) in [6.45, 7) is 6.39. The maximum absolute atomic E-state index is 11.9. The lowest BCUT2D eigenvalue weighted by atomic mass is 10.2. The quantitative estimate of drug-likeness (QED) is 0.796. The van der Waals surface area contributed by atoms with Gasteiger partial charge in [-0.3, -0.25) is 0 Å². The van der Waals surface area contributed by atoms with Gasteiger partial charge in [0.05, 0.1) is 23.1 Å². The highest BCUT2D eigenvalue weighted by Gasteiger charge is 2.27. The predicted octanol–water partition coefficient (Wildman–Crippen LogP) is 3.13. The smallest absolute Gasteiger partial charge is 0.341 e. The second-order valence-electron chi connectivity index (χ2n) is 4.53. The molecule has 4 nitrogen and oxygen atoms in total. The van der Waals surface area contributed by atoms with Crippen LogP contribution in [0.4, 0.5) is 0 Å². The zero-order valence-corrected chi connectivity index (χ0v) is 13.7.